The van der Waals surface area contributed by atoms with Crippen LogP contribution in [0, 0.1) is 23.5 Å². The van der Waals surface area contributed by atoms with Crippen LogP contribution in [0.25, 0.3) is 0 Å². The Morgan fingerprint density at radius 1 is 1.00 bits per heavy atom. The third-order valence-electron chi connectivity index (χ3n) is 5.46. The van der Waals surface area contributed by atoms with Gasteiger partial charge in [0.1, 0.15) is 0 Å². The Morgan fingerprint density at radius 3 is 2.32 bits per heavy atom. The summed E-state index contributed by atoms with van der Waals surface area (Å²) in [5.74, 6) is -0.138. The maximum Gasteiger partial charge on any atom is 0.201 e. The zero-order valence-electron chi connectivity index (χ0n) is 15.7. The average molecular weight is 350 g/mol. The smallest absolute Gasteiger partial charge is 0.201 e. The van der Waals surface area contributed by atoms with E-state index in [0.29, 0.717) is 17.9 Å². The van der Waals surface area contributed by atoms with E-state index < -0.39 is 11.6 Å². The quantitative estimate of drug-likeness (QED) is 0.338. The SMILES string of the molecule is C/C=C/Oc1ccc(CCC2CCC(CCCCC)CC2)c(F)c1F. The monoisotopic (exact) mass is 350 g/mol. The maximum atomic E-state index is 14.2. The molecule has 1 fully saturated rings. The molecule has 0 aliphatic heterocycles. The summed E-state index contributed by atoms with van der Waals surface area (Å²) in [6, 6.07) is 3.19. The van der Waals surface area contributed by atoms with Crippen LogP contribution in [-0.4, -0.2) is 0 Å². The summed E-state index contributed by atoms with van der Waals surface area (Å²) in [4.78, 5) is 0. The molecule has 3 heteroatoms. The van der Waals surface area contributed by atoms with Gasteiger partial charge < -0.3 is 4.74 Å². The normalized spacial score (nSPS) is 21.0. The van der Waals surface area contributed by atoms with Crippen molar-refractivity contribution in [2.24, 2.45) is 11.8 Å². The van der Waals surface area contributed by atoms with E-state index in [1.165, 1.54) is 63.7 Å². The number of unbranched alkanes of at least 4 members (excludes halogenated alkanes) is 2. The molecule has 1 aliphatic carbocycles. The van der Waals surface area contributed by atoms with Crippen molar-refractivity contribution in [3.63, 3.8) is 0 Å². The molecule has 0 bridgehead atoms. The fraction of sp³-hybridized carbons (Fsp3) is 0.636. The van der Waals surface area contributed by atoms with Crippen LogP contribution in [-0.2, 0) is 6.42 Å². The highest BCUT2D eigenvalue weighted by atomic mass is 19.2. The lowest BCUT2D eigenvalue weighted by molar-refractivity contribution is 0.248. The number of rotatable bonds is 9. The lowest BCUT2D eigenvalue weighted by atomic mass is 9.78. The molecule has 1 saturated carbocycles. The molecule has 0 N–H and O–H groups in total. The largest absolute Gasteiger partial charge is 0.462 e. The minimum Gasteiger partial charge on any atom is -0.462 e. The summed E-state index contributed by atoms with van der Waals surface area (Å²) in [6.45, 7) is 4.01. The van der Waals surface area contributed by atoms with Gasteiger partial charge in [-0.05, 0) is 43.2 Å². The van der Waals surface area contributed by atoms with Gasteiger partial charge in [-0.1, -0.05) is 70.4 Å². The van der Waals surface area contributed by atoms with Gasteiger partial charge in [-0.3, -0.25) is 0 Å². The van der Waals surface area contributed by atoms with E-state index >= 15 is 0 Å². The molecule has 0 aromatic heterocycles. The zero-order valence-corrected chi connectivity index (χ0v) is 15.7. The van der Waals surface area contributed by atoms with Crippen LogP contribution in [0.3, 0.4) is 0 Å². The van der Waals surface area contributed by atoms with Crippen LogP contribution in [0.4, 0.5) is 8.78 Å². The van der Waals surface area contributed by atoms with Crippen molar-refractivity contribution in [3.05, 3.63) is 41.7 Å². The first-order valence-electron chi connectivity index (χ1n) is 9.90. The molecule has 0 spiro atoms. The number of benzene rings is 1. The minimum absolute atomic E-state index is 0.0491. The van der Waals surface area contributed by atoms with Crippen molar-refractivity contribution >= 4 is 0 Å². The fourth-order valence-electron chi connectivity index (χ4n) is 3.85. The van der Waals surface area contributed by atoms with Crippen LogP contribution < -0.4 is 4.74 Å². The first kappa shape index (κ1) is 19.9. The molecule has 140 valence electrons. The van der Waals surface area contributed by atoms with Crippen molar-refractivity contribution < 1.29 is 13.5 Å². The number of allylic oxidation sites excluding steroid dienone is 1. The molecule has 0 amide bonds. The van der Waals surface area contributed by atoms with Crippen molar-refractivity contribution in [2.45, 2.75) is 78.1 Å². The van der Waals surface area contributed by atoms with Gasteiger partial charge in [0.05, 0.1) is 6.26 Å². The van der Waals surface area contributed by atoms with E-state index in [2.05, 4.69) is 6.92 Å². The van der Waals surface area contributed by atoms with Gasteiger partial charge in [-0.25, -0.2) is 4.39 Å². The third kappa shape index (κ3) is 6.13. The second-order valence-corrected chi connectivity index (χ2v) is 7.36. The Hall–Kier alpha value is -1.38. The molecule has 1 nitrogen and oxygen atoms in total. The highest BCUT2D eigenvalue weighted by Crippen LogP contribution is 2.35. The Balaban J connectivity index is 1.79. The molecule has 25 heavy (non-hydrogen) atoms. The predicted octanol–water partition coefficient (Wildman–Crippen LogP) is 7.20. The summed E-state index contributed by atoms with van der Waals surface area (Å²) in [5, 5.41) is 0. The van der Waals surface area contributed by atoms with Gasteiger partial charge in [0.15, 0.2) is 11.6 Å². The number of halogens is 2. The summed E-state index contributed by atoms with van der Waals surface area (Å²) in [6.07, 6.45) is 15.0. The average Bonchev–Trinajstić information content (AvgIpc) is 2.63. The third-order valence-corrected chi connectivity index (χ3v) is 5.46. The van der Waals surface area contributed by atoms with E-state index in [-0.39, 0.29) is 5.75 Å². The molecule has 1 aromatic carbocycles. The fourth-order valence-corrected chi connectivity index (χ4v) is 3.85. The zero-order chi connectivity index (χ0) is 18.1. The highest BCUT2D eigenvalue weighted by Gasteiger charge is 2.22. The second-order valence-electron chi connectivity index (χ2n) is 7.36. The molecular weight excluding hydrogens is 318 g/mol. The van der Waals surface area contributed by atoms with E-state index in [0.717, 1.165) is 12.3 Å². The molecule has 0 radical (unpaired) electrons. The van der Waals surface area contributed by atoms with E-state index in [4.69, 9.17) is 4.74 Å². The Bertz CT molecular complexity index is 545. The van der Waals surface area contributed by atoms with Gasteiger partial charge in [-0.15, -0.1) is 0 Å². The number of hydrogen-bond donors (Lipinski definition) is 0. The minimum atomic E-state index is -0.879. The summed E-state index contributed by atoms with van der Waals surface area (Å²) in [5.41, 5.74) is 0.468. The number of aryl methyl sites for hydroxylation is 1. The summed E-state index contributed by atoms with van der Waals surface area (Å²) in [7, 11) is 0. The Morgan fingerprint density at radius 2 is 1.68 bits per heavy atom. The Labute approximate surface area is 151 Å². The molecule has 0 atom stereocenters. The van der Waals surface area contributed by atoms with Crippen LogP contribution >= 0.6 is 0 Å². The van der Waals surface area contributed by atoms with Crippen molar-refractivity contribution in [2.75, 3.05) is 0 Å². The lowest BCUT2D eigenvalue weighted by Gasteiger charge is -2.28. The van der Waals surface area contributed by atoms with Gasteiger partial charge in [0, 0.05) is 0 Å². The first-order chi connectivity index (χ1) is 12.2. The van der Waals surface area contributed by atoms with Crippen molar-refractivity contribution in [3.8, 4) is 5.75 Å². The molecule has 0 unspecified atom stereocenters. The van der Waals surface area contributed by atoms with Crippen LogP contribution in [0.2, 0.25) is 0 Å². The second kappa shape index (κ2) is 10.6. The lowest BCUT2D eigenvalue weighted by Crippen LogP contribution is -2.15. The summed E-state index contributed by atoms with van der Waals surface area (Å²) < 4.78 is 33.3. The number of ether oxygens (including phenoxy) is 1. The van der Waals surface area contributed by atoms with E-state index in [1.807, 2.05) is 0 Å². The van der Waals surface area contributed by atoms with E-state index in [1.54, 1.807) is 19.1 Å². The molecule has 0 heterocycles. The van der Waals surface area contributed by atoms with Gasteiger partial charge in [0.25, 0.3) is 0 Å². The predicted molar refractivity (Wildman–Crippen MR) is 99.7 cm³/mol. The van der Waals surface area contributed by atoms with Crippen LogP contribution in [0.1, 0.15) is 77.2 Å². The maximum absolute atomic E-state index is 14.2. The number of hydrogen-bond acceptors (Lipinski definition) is 1. The molecule has 2 rings (SSSR count). The molecular formula is C22H32F2O. The van der Waals surface area contributed by atoms with Crippen molar-refractivity contribution in [1.82, 2.24) is 0 Å². The standard InChI is InChI=1S/C22H32F2O/c1-3-5-6-7-17-8-10-18(11-9-17)12-13-19-14-15-20(25-16-4-2)22(24)21(19)23/h4,14-18H,3,5-13H2,1-2H3/b16-4+. The summed E-state index contributed by atoms with van der Waals surface area (Å²) >= 11 is 0. The molecule has 1 aromatic rings. The molecule has 0 saturated heterocycles. The molecule has 1 aliphatic rings. The first-order valence-corrected chi connectivity index (χ1v) is 9.90. The van der Waals surface area contributed by atoms with Gasteiger partial charge in [-0.2, -0.15) is 4.39 Å². The topological polar surface area (TPSA) is 9.23 Å². The van der Waals surface area contributed by atoms with Gasteiger partial charge in [0.2, 0.25) is 5.82 Å². The highest BCUT2D eigenvalue weighted by molar-refractivity contribution is 5.31. The van der Waals surface area contributed by atoms with E-state index in [9.17, 15) is 8.78 Å². The Kier molecular flexibility index (Phi) is 8.43. The van der Waals surface area contributed by atoms with Crippen LogP contribution in [0.15, 0.2) is 24.5 Å². The van der Waals surface area contributed by atoms with Gasteiger partial charge >= 0.3 is 0 Å². The van der Waals surface area contributed by atoms with Crippen LogP contribution in [0.5, 0.6) is 5.75 Å². The van der Waals surface area contributed by atoms with Crippen molar-refractivity contribution in [1.29, 1.82) is 0 Å².